The molecule has 9 heteroatoms. The first-order chi connectivity index (χ1) is 1.73. The van der Waals surface area contributed by atoms with E-state index in [-0.39, 0.29) is 88.4 Å². The van der Waals surface area contributed by atoms with Crippen LogP contribution in [0.3, 0.4) is 0 Å². The summed E-state index contributed by atoms with van der Waals surface area (Å²) in [6.45, 7) is 0. The van der Waals surface area contributed by atoms with Crippen molar-refractivity contribution in [2.75, 3.05) is 0 Å². The molecule has 0 bridgehead atoms. The third kappa shape index (κ3) is 217. The fourth-order valence-corrected chi connectivity index (χ4v) is 0. The van der Waals surface area contributed by atoms with Crippen LogP contribution >= 0.6 is 0 Å². The number of hydrogen-bond acceptors (Lipinski definition) is 3. The molecule has 0 aliphatic carbocycles. The molecule has 0 saturated heterocycles. The van der Waals surface area contributed by atoms with Gasteiger partial charge in [0.15, 0.2) is 0 Å². The van der Waals surface area contributed by atoms with Gasteiger partial charge in [-0.15, -0.1) is 0 Å². The van der Waals surface area contributed by atoms with Crippen molar-refractivity contribution in [3.05, 3.63) is 15.3 Å². The number of rotatable bonds is 0. The zero-order chi connectivity index (χ0) is 3.58. The minimum Gasteiger partial charge on any atom is -1.00 e. The Morgan fingerprint density at radius 1 is 1.00 bits per heavy atom. The minimum absolute atomic E-state index is 0. The molecule has 0 fully saturated rings. The van der Waals surface area contributed by atoms with Gasteiger partial charge in [0, 0.05) is 59.1 Å². The van der Waals surface area contributed by atoms with Crippen LogP contribution < -0.4 is 29.3 Å². The molecular weight excluding hydrogens is 216 g/mol. The summed E-state index contributed by atoms with van der Waals surface area (Å²) < 4.78 is 0. The molecule has 0 amide bonds. The normalized spacial score (nSPS) is 2.67. The van der Waals surface area contributed by atoms with E-state index in [9.17, 15) is 0 Å². The molecule has 0 aliphatic rings. The van der Waals surface area contributed by atoms with E-state index in [0.717, 1.165) is 0 Å². The van der Waals surface area contributed by atoms with E-state index in [2.05, 4.69) is 0 Å². The Morgan fingerprint density at radius 3 is 1.00 bits per heavy atom. The largest absolute Gasteiger partial charge is 1.00 e. The van der Waals surface area contributed by atoms with Crippen molar-refractivity contribution in [1.29, 1.82) is 0 Å². The first-order valence-electron chi connectivity index (χ1n) is 0.548. The van der Waals surface area contributed by atoms with Crippen molar-refractivity contribution in [2.24, 2.45) is 0 Å². The minimum atomic E-state index is -1.75. The summed E-state index contributed by atoms with van der Waals surface area (Å²) in [6.07, 6.45) is 0. The van der Waals surface area contributed by atoms with E-state index < -0.39 is 5.09 Å². The van der Waals surface area contributed by atoms with Crippen molar-refractivity contribution < 1.29 is 22.1 Å². The Morgan fingerprint density at radius 2 is 1.00 bits per heavy atom. The first kappa shape index (κ1) is 46.2. The molecule has 0 heterocycles. The second-order valence-corrected chi connectivity index (χ2v) is 0.224. The molecule has 8 N–H and O–H groups in total. The maximum Gasteiger partial charge on any atom is 0.0689 e. The number of hydrogen-bond donors (Lipinski definition) is 2. The van der Waals surface area contributed by atoms with E-state index in [4.69, 9.17) is 15.3 Å². The van der Waals surface area contributed by atoms with Gasteiger partial charge in [0.2, 0.25) is 0 Å². The fraction of sp³-hybridized carbons (Fsp3) is 0. The summed E-state index contributed by atoms with van der Waals surface area (Å²) in [5.74, 6) is 0. The van der Waals surface area contributed by atoms with Crippen LogP contribution in [0.15, 0.2) is 0 Å². The number of nitrogens with zero attached hydrogens (tertiary/aromatic N) is 1. The molecule has 0 unspecified atom stereocenters. The van der Waals surface area contributed by atoms with Crippen LogP contribution in [0, 0.1) is 15.3 Å². The molecule has 0 aromatic carbocycles. The number of halogens is 1. The molecule has 2 radical (unpaired) electrons. The molecule has 0 aliphatic heterocycles. The maximum atomic E-state index is 8.25. The van der Waals surface area contributed by atoms with Crippen molar-refractivity contribution in [3.8, 4) is 0 Å². The molecule has 0 atom stereocenters. The van der Waals surface area contributed by atoms with Crippen LogP contribution in [-0.4, -0.2) is 64.2 Å². The summed E-state index contributed by atoms with van der Waals surface area (Å²) in [7, 11) is 0. The molecule has 0 saturated carbocycles. The summed E-state index contributed by atoms with van der Waals surface area (Å²) in [5, 5.41) is 14.8. The van der Waals surface area contributed by atoms with Crippen LogP contribution in [0.25, 0.3) is 0 Å². The van der Waals surface area contributed by atoms with Gasteiger partial charge in [-0.2, -0.15) is 0 Å². The predicted octanol–water partition coefficient (Wildman–Crippen LogP) is -3.24. The van der Waals surface area contributed by atoms with Gasteiger partial charge in [-0.05, 0) is 0 Å². The second kappa shape index (κ2) is 33.6. The molecule has 0 aromatic heterocycles. The van der Waals surface area contributed by atoms with Crippen molar-refractivity contribution in [3.63, 3.8) is 0 Å². The van der Waals surface area contributed by atoms with Gasteiger partial charge in [-0.25, -0.2) is 0 Å². The van der Waals surface area contributed by atoms with Crippen LogP contribution in [0.4, 0.5) is 0 Å². The van der Waals surface area contributed by atoms with Gasteiger partial charge in [0.1, 0.15) is 0 Å². The Kier molecular flexibility index (Phi) is 172. The van der Waals surface area contributed by atoms with Gasteiger partial charge >= 0.3 is 0 Å². The molecular formula is H8BrN3Na2O3. The fourth-order valence-electron chi connectivity index (χ4n) is 0. The summed E-state index contributed by atoms with van der Waals surface area (Å²) >= 11 is 0. The van der Waals surface area contributed by atoms with E-state index in [1.165, 1.54) is 0 Å². The van der Waals surface area contributed by atoms with E-state index in [0.29, 0.717) is 0 Å². The standard InChI is InChI=1S/BrH.NO3.2H3N.2Na/c;2-1(3)4;;;;/h1H;;2*1H3;;/q;-1;;;;/p+1. The van der Waals surface area contributed by atoms with Crippen LogP contribution in [0.5, 0.6) is 0 Å². The van der Waals surface area contributed by atoms with Crippen molar-refractivity contribution >= 4 is 59.1 Å². The third-order valence-electron chi connectivity index (χ3n) is 0. The van der Waals surface area contributed by atoms with Crippen LogP contribution in [-0.2, 0) is 0 Å². The molecule has 0 rings (SSSR count). The van der Waals surface area contributed by atoms with E-state index >= 15 is 0 Å². The van der Waals surface area contributed by atoms with Crippen LogP contribution in [0.1, 0.15) is 0 Å². The molecule has 6 nitrogen and oxygen atoms in total. The topological polar surface area (TPSA) is 139 Å². The van der Waals surface area contributed by atoms with E-state index in [1.54, 1.807) is 0 Å². The molecule has 0 aromatic rings. The quantitative estimate of drug-likeness (QED) is 0.253. The summed E-state index contributed by atoms with van der Waals surface area (Å²) in [5.41, 5.74) is 0. The van der Waals surface area contributed by atoms with Gasteiger partial charge in [-0.3, -0.25) is 0 Å². The SMILES string of the molecule is O=[N+]([O-])[O-].[Br-].[NH4+].[NH4+].[Na].[Na]. The second-order valence-electron chi connectivity index (χ2n) is 0.224. The zero-order valence-corrected chi connectivity index (χ0v) is 11.6. The molecule has 0 spiro atoms. The average Bonchev–Trinajstić information content (AvgIpc) is 0.811. The maximum absolute atomic E-state index is 8.25. The van der Waals surface area contributed by atoms with Crippen molar-refractivity contribution in [2.45, 2.75) is 0 Å². The van der Waals surface area contributed by atoms with Crippen molar-refractivity contribution in [1.82, 2.24) is 12.3 Å². The first-order valence-corrected chi connectivity index (χ1v) is 0.548. The van der Waals surface area contributed by atoms with E-state index in [1.807, 2.05) is 0 Å². The molecule has 50 valence electrons. The third-order valence-corrected chi connectivity index (χ3v) is 0. The Hall–Kier alpha value is 1.60. The smallest absolute Gasteiger partial charge is 0.0689 e. The predicted molar refractivity (Wildman–Crippen MR) is 33.8 cm³/mol. The average molecular weight is 224 g/mol. The Balaban J connectivity index is -0.00000000450. The zero-order valence-electron chi connectivity index (χ0n) is 6.05. The summed E-state index contributed by atoms with van der Waals surface area (Å²) in [6, 6.07) is 0. The van der Waals surface area contributed by atoms with Crippen LogP contribution in [0.2, 0.25) is 0 Å². The number of quaternary nitrogens is 2. The van der Waals surface area contributed by atoms with Gasteiger partial charge in [0.25, 0.3) is 0 Å². The Labute approximate surface area is 107 Å². The Bertz CT molecular complexity index is 40.0. The monoisotopic (exact) mass is 223 g/mol. The summed E-state index contributed by atoms with van der Waals surface area (Å²) in [4.78, 5) is 8.25. The molecule has 9 heavy (non-hydrogen) atoms. The van der Waals surface area contributed by atoms with Gasteiger partial charge in [0.05, 0.1) is 5.09 Å². The van der Waals surface area contributed by atoms with Gasteiger partial charge in [-0.1, -0.05) is 0 Å². The van der Waals surface area contributed by atoms with Gasteiger partial charge < -0.3 is 44.6 Å².